The molecular formula is C21H28N4. The molecule has 4 heteroatoms. The van der Waals surface area contributed by atoms with E-state index in [4.69, 9.17) is 5.73 Å². The van der Waals surface area contributed by atoms with Crippen LogP contribution in [0.4, 0.5) is 5.69 Å². The molecule has 0 aliphatic carbocycles. The highest BCUT2D eigenvalue weighted by molar-refractivity contribution is 5.92. The Morgan fingerprint density at radius 3 is 2.56 bits per heavy atom. The van der Waals surface area contributed by atoms with E-state index in [1.807, 2.05) is 30.3 Å². The van der Waals surface area contributed by atoms with Crippen molar-refractivity contribution in [2.45, 2.75) is 32.9 Å². The van der Waals surface area contributed by atoms with Crippen molar-refractivity contribution in [1.82, 2.24) is 4.90 Å². The largest absolute Gasteiger partial charge is 0.370 e. The van der Waals surface area contributed by atoms with Gasteiger partial charge in [-0.3, -0.25) is 4.90 Å². The highest BCUT2D eigenvalue weighted by Gasteiger charge is 2.15. The maximum Gasteiger partial charge on any atom is 0.193 e. The highest BCUT2D eigenvalue weighted by atomic mass is 15.1. The molecule has 0 radical (unpaired) electrons. The van der Waals surface area contributed by atoms with E-state index >= 15 is 0 Å². The molecule has 4 nitrogen and oxygen atoms in total. The van der Waals surface area contributed by atoms with Crippen molar-refractivity contribution in [3.63, 3.8) is 0 Å². The topological polar surface area (TPSA) is 53.6 Å². The molecule has 25 heavy (non-hydrogen) atoms. The third kappa shape index (κ3) is 5.61. The predicted octanol–water partition coefficient (Wildman–Crippen LogP) is 3.85. The summed E-state index contributed by atoms with van der Waals surface area (Å²) in [7, 11) is 0. The number of guanidine groups is 1. The molecule has 2 aromatic rings. The number of nitrogens with two attached hydrogens (primary N) is 1. The minimum absolute atomic E-state index is 0.446. The Balaban J connectivity index is 1.55. The highest BCUT2D eigenvalue weighted by Crippen LogP contribution is 2.18. The van der Waals surface area contributed by atoms with Crippen molar-refractivity contribution in [2.24, 2.45) is 16.6 Å². The third-order valence-electron chi connectivity index (χ3n) is 4.75. The molecular weight excluding hydrogens is 308 g/mol. The van der Waals surface area contributed by atoms with E-state index in [0.717, 1.165) is 18.2 Å². The van der Waals surface area contributed by atoms with Crippen molar-refractivity contribution in [2.75, 3.05) is 18.4 Å². The van der Waals surface area contributed by atoms with Crippen LogP contribution in [0.3, 0.4) is 0 Å². The van der Waals surface area contributed by atoms with E-state index in [0.29, 0.717) is 12.5 Å². The molecule has 1 saturated heterocycles. The number of hydrogen-bond acceptors (Lipinski definition) is 2. The van der Waals surface area contributed by atoms with Gasteiger partial charge in [0.2, 0.25) is 0 Å². The number of rotatable bonds is 5. The van der Waals surface area contributed by atoms with Gasteiger partial charge in [0.25, 0.3) is 0 Å². The summed E-state index contributed by atoms with van der Waals surface area (Å²) in [6.07, 6.45) is 2.62. The minimum Gasteiger partial charge on any atom is -0.370 e. The smallest absolute Gasteiger partial charge is 0.193 e. The van der Waals surface area contributed by atoms with Gasteiger partial charge in [0.15, 0.2) is 5.96 Å². The van der Waals surface area contributed by atoms with E-state index < -0.39 is 0 Å². The molecule has 0 saturated carbocycles. The van der Waals surface area contributed by atoms with Crippen LogP contribution in [0, 0.1) is 5.92 Å². The number of nitrogens with one attached hydrogen (secondary N) is 1. The van der Waals surface area contributed by atoms with Crippen molar-refractivity contribution >= 4 is 11.6 Å². The van der Waals surface area contributed by atoms with E-state index in [2.05, 4.69) is 46.4 Å². The molecule has 3 N–H and O–H groups in total. The molecule has 1 heterocycles. The van der Waals surface area contributed by atoms with Crippen LogP contribution >= 0.6 is 0 Å². The van der Waals surface area contributed by atoms with Gasteiger partial charge in [-0.2, -0.15) is 0 Å². The van der Waals surface area contributed by atoms with E-state index in [-0.39, 0.29) is 0 Å². The van der Waals surface area contributed by atoms with Crippen LogP contribution in [0.25, 0.3) is 0 Å². The Morgan fingerprint density at radius 1 is 1.08 bits per heavy atom. The normalized spacial score (nSPS) is 16.8. The first-order valence-corrected chi connectivity index (χ1v) is 9.11. The summed E-state index contributed by atoms with van der Waals surface area (Å²) < 4.78 is 0. The van der Waals surface area contributed by atoms with Gasteiger partial charge in [-0.15, -0.1) is 0 Å². The zero-order valence-electron chi connectivity index (χ0n) is 15.0. The van der Waals surface area contributed by atoms with Crippen LogP contribution in [0.15, 0.2) is 59.6 Å². The Morgan fingerprint density at radius 2 is 1.80 bits per heavy atom. The van der Waals surface area contributed by atoms with Crippen LogP contribution in [0.5, 0.6) is 0 Å². The van der Waals surface area contributed by atoms with E-state index in [1.165, 1.54) is 37.1 Å². The standard InChI is InChI=1S/C21H28N4/c1-17-10-12-25(13-11-17)16-19-7-5-6-18(14-19)15-23-21(22)24-20-8-3-2-4-9-20/h2-9,14,17H,10-13,15-16H2,1H3,(H3,22,23,24). The van der Waals surface area contributed by atoms with Crippen LogP contribution in [-0.2, 0) is 13.1 Å². The molecule has 0 bridgehead atoms. The van der Waals surface area contributed by atoms with Gasteiger partial charge in [0.05, 0.1) is 6.54 Å². The number of benzene rings is 2. The molecule has 3 rings (SSSR count). The second-order valence-corrected chi connectivity index (χ2v) is 6.97. The molecule has 1 aliphatic heterocycles. The first-order valence-electron chi connectivity index (χ1n) is 9.11. The van der Waals surface area contributed by atoms with Crippen LogP contribution in [0.1, 0.15) is 30.9 Å². The first-order chi connectivity index (χ1) is 12.2. The summed E-state index contributed by atoms with van der Waals surface area (Å²) in [5.74, 6) is 1.32. The van der Waals surface area contributed by atoms with Gasteiger partial charge in [0, 0.05) is 12.2 Å². The summed E-state index contributed by atoms with van der Waals surface area (Å²) >= 11 is 0. The zero-order valence-corrected chi connectivity index (χ0v) is 15.0. The van der Waals surface area contributed by atoms with Crippen molar-refractivity contribution in [1.29, 1.82) is 0 Å². The molecule has 2 aromatic carbocycles. The Kier molecular flexibility index (Phi) is 6.07. The molecule has 0 atom stereocenters. The maximum absolute atomic E-state index is 5.98. The van der Waals surface area contributed by atoms with Crippen molar-refractivity contribution in [3.8, 4) is 0 Å². The van der Waals surface area contributed by atoms with Gasteiger partial charge < -0.3 is 11.1 Å². The van der Waals surface area contributed by atoms with Crippen LogP contribution in [-0.4, -0.2) is 23.9 Å². The third-order valence-corrected chi connectivity index (χ3v) is 4.75. The lowest BCUT2D eigenvalue weighted by Crippen LogP contribution is -2.32. The molecule has 132 valence electrons. The Labute approximate surface area is 150 Å². The van der Waals surface area contributed by atoms with Crippen LogP contribution < -0.4 is 11.1 Å². The minimum atomic E-state index is 0.446. The zero-order chi connectivity index (χ0) is 17.5. The molecule has 0 unspecified atom stereocenters. The fourth-order valence-corrected chi connectivity index (χ4v) is 3.19. The summed E-state index contributed by atoms with van der Waals surface area (Å²) in [5.41, 5.74) is 9.49. The lowest BCUT2D eigenvalue weighted by Gasteiger charge is -2.30. The van der Waals surface area contributed by atoms with Crippen molar-refractivity contribution in [3.05, 3.63) is 65.7 Å². The van der Waals surface area contributed by atoms with Gasteiger partial charge in [-0.1, -0.05) is 49.4 Å². The summed E-state index contributed by atoms with van der Waals surface area (Å²) in [4.78, 5) is 7.01. The summed E-state index contributed by atoms with van der Waals surface area (Å²) in [6.45, 7) is 6.39. The average molecular weight is 336 g/mol. The number of aliphatic imine (C=N–C) groups is 1. The maximum atomic E-state index is 5.98. The van der Waals surface area contributed by atoms with Crippen molar-refractivity contribution < 1.29 is 0 Å². The summed E-state index contributed by atoms with van der Waals surface area (Å²) in [5, 5.41) is 3.12. The van der Waals surface area contributed by atoms with E-state index in [9.17, 15) is 0 Å². The number of hydrogen-bond donors (Lipinski definition) is 2. The first kappa shape index (κ1) is 17.5. The molecule has 1 fully saturated rings. The quantitative estimate of drug-likeness (QED) is 0.644. The SMILES string of the molecule is CC1CCN(Cc2cccc(CN=C(N)Nc3ccccc3)c2)CC1. The Bertz CT molecular complexity index is 688. The number of piperidine rings is 1. The van der Waals surface area contributed by atoms with Crippen LogP contribution in [0.2, 0.25) is 0 Å². The fraction of sp³-hybridized carbons (Fsp3) is 0.381. The van der Waals surface area contributed by atoms with E-state index in [1.54, 1.807) is 0 Å². The predicted molar refractivity (Wildman–Crippen MR) is 106 cm³/mol. The number of likely N-dealkylation sites (tertiary alicyclic amines) is 1. The fourth-order valence-electron chi connectivity index (χ4n) is 3.19. The lowest BCUT2D eigenvalue weighted by molar-refractivity contribution is 0.185. The number of nitrogens with zero attached hydrogens (tertiary/aromatic N) is 2. The van der Waals surface area contributed by atoms with Gasteiger partial charge >= 0.3 is 0 Å². The van der Waals surface area contributed by atoms with Gasteiger partial charge in [-0.25, -0.2) is 4.99 Å². The number of para-hydroxylation sites is 1. The monoisotopic (exact) mass is 336 g/mol. The lowest BCUT2D eigenvalue weighted by atomic mass is 9.98. The Hall–Kier alpha value is -2.33. The second kappa shape index (κ2) is 8.67. The molecule has 0 amide bonds. The number of anilines is 1. The van der Waals surface area contributed by atoms with Gasteiger partial charge in [-0.05, 0) is 55.1 Å². The molecule has 1 aliphatic rings. The molecule has 0 spiro atoms. The average Bonchev–Trinajstić information content (AvgIpc) is 2.63. The van der Waals surface area contributed by atoms with Gasteiger partial charge in [0.1, 0.15) is 0 Å². The second-order valence-electron chi connectivity index (χ2n) is 6.97. The summed E-state index contributed by atoms with van der Waals surface area (Å²) in [6, 6.07) is 18.6. The molecule has 0 aromatic heterocycles.